The first-order valence-corrected chi connectivity index (χ1v) is 9.19. The van der Waals surface area contributed by atoms with E-state index in [1.807, 2.05) is 30.1 Å². The molecule has 1 aliphatic carbocycles. The van der Waals surface area contributed by atoms with E-state index < -0.39 is 0 Å². The van der Waals surface area contributed by atoms with E-state index in [-0.39, 0.29) is 18.2 Å². The van der Waals surface area contributed by atoms with Gasteiger partial charge in [0.15, 0.2) is 0 Å². The van der Waals surface area contributed by atoms with Gasteiger partial charge in [-0.2, -0.15) is 0 Å². The van der Waals surface area contributed by atoms with E-state index in [2.05, 4.69) is 15.5 Å². The van der Waals surface area contributed by atoms with Crippen LogP contribution in [0.25, 0.3) is 0 Å². The van der Waals surface area contributed by atoms with Gasteiger partial charge in [-0.25, -0.2) is 4.79 Å². The molecular weight excluding hydrogens is 304 g/mol. The normalized spacial score (nSPS) is 26.2. The van der Waals surface area contributed by atoms with Crippen molar-refractivity contribution in [2.45, 2.75) is 63.3 Å². The molecule has 6 heteroatoms. The number of aliphatic hydroxyl groups excluding tert-OH is 1. The zero-order valence-corrected chi connectivity index (χ0v) is 14.6. The highest BCUT2D eigenvalue weighted by molar-refractivity contribution is 5.74. The van der Waals surface area contributed by atoms with Gasteiger partial charge < -0.3 is 20.3 Å². The van der Waals surface area contributed by atoms with Crippen LogP contribution in [0.1, 0.15) is 44.1 Å². The summed E-state index contributed by atoms with van der Waals surface area (Å²) in [6, 6.07) is 2.48. The number of aliphatic hydroxyl groups is 1. The fourth-order valence-electron chi connectivity index (χ4n) is 3.98. The molecule has 2 aliphatic rings. The van der Waals surface area contributed by atoms with Gasteiger partial charge in [0.05, 0.1) is 6.10 Å². The molecule has 6 nitrogen and oxygen atoms in total. The van der Waals surface area contributed by atoms with Gasteiger partial charge in [-0.1, -0.05) is 12.8 Å². The summed E-state index contributed by atoms with van der Waals surface area (Å²) in [5.74, 6) is 0. The summed E-state index contributed by atoms with van der Waals surface area (Å²) in [6.45, 7) is 2.48. The Balaban J connectivity index is 1.37. The van der Waals surface area contributed by atoms with Gasteiger partial charge in [0.2, 0.25) is 0 Å². The fourth-order valence-corrected chi connectivity index (χ4v) is 3.98. The quantitative estimate of drug-likeness (QED) is 0.783. The van der Waals surface area contributed by atoms with E-state index in [0.29, 0.717) is 12.6 Å². The number of nitrogens with one attached hydrogen (secondary N) is 2. The number of carbonyl (C=O) groups is 1. The molecule has 0 bridgehead atoms. The van der Waals surface area contributed by atoms with Gasteiger partial charge in [-0.05, 0) is 37.3 Å². The van der Waals surface area contributed by atoms with Gasteiger partial charge in [0.1, 0.15) is 0 Å². The maximum atomic E-state index is 12.0. The molecule has 1 saturated carbocycles. The van der Waals surface area contributed by atoms with Crippen molar-refractivity contribution in [2.75, 3.05) is 13.1 Å². The van der Waals surface area contributed by atoms with Crippen LogP contribution in [-0.4, -0.2) is 51.9 Å². The van der Waals surface area contributed by atoms with Crippen LogP contribution >= 0.6 is 0 Å². The molecule has 134 valence electrons. The van der Waals surface area contributed by atoms with Crippen LogP contribution in [0.15, 0.2) is 18.5 Å². The number of aryl methyl sites for hydroxylation is 1. The van der Waals surface area contributed by atoms with Crippen molar-refractivity contribution in [1.82, 2.24) is 20.1 Å². The minimum Gasteiger partial charge on any atom is -0.391 e. The average molecular weight is 334 g/mol. The van der Waals surface area contributed by atoms with Gasteiger partial charge >= 0.3 is 6.03 Å². The molecule has 2 fully saturated rings. The molecule has 2 amide bonds. The number of likely N-dealkylation sites (tertiary alicyclic amines) is 1. The first-order valence-electron chi connectivity index (χ1n) is 9.19. The number of carbonyl (C=O) groups excluding carboxylic acids is 1. The summed E-state index contributed by atoms with van der Waals surface area (Å²) in [6.07, 6.45) is 10.2. The van der Waals surface area contributed by atoms with Crippen LogP contribution in [0.2, 0.25) is 0 Å². The number of urea groups is 1. The molecule has 24 heavy (non-hydrogen) atoms. The number of rotatable bonds is 4. The number of aromatic nitrogens is 1. The van der Waals surface area contributed by atoms with Crippen LogP contribution in [0.3, 0.4) is 0 Å². The third-order valence-electron chi connectivity index (χ3n) is 5.37. The van der Waals surface area contributed by atoms with Crippen molar-refractivity contribution in [1.29, 1.82) is 0 Å². The van der Waals surface area contributed by atoms with Crippen LogP contribution in [0.5, 0.6) is 0 Å². The summed E-state index contributed by atoms with van der Waals surface area (Å²) in [7, 11) is 1.97. The Morgan fingerprint density at radius 2 is 2.00 bits per heavy atom. The van der Waals surface area contributed by atoms with Crippen LogP contribution in [-0.2, 0) is 13.6 Å². The summed E-state index contributed by atoms with van der Waals surface area (Å²) in [5.41, 5.74) is 1.11. The number of amides is 2. The van der Waals surface area contributed by atoms with Crippen LogP contribution in [0, 0.1) is 0 Å². The van der Waals surface area contributed by atoms with Crippen molar-refractivity contribution >= 4 is 6.03 Å². The number of piperidine rings is 1. The van der Waals surface area contributed by atoms with Crippen molar-refractivity contribution < 1.29 is 9.90 Å². The number of nitrogens with zero attached hydrogens (tertiary/aromatic N) is 2. The minimum atomic E-state index is -0.169. The van der Waals surface area contributed by atoms with Crippen LogP contribution in [0.4, 0.5) is 4.79 Å². The lowest BCUT2D eigenvalue weighted by molar-refractivity contribution is 0.00777. The molecule has 1 aliphatic heterocycles. The Morgan fingerprint density at radius 1 is 1.25 bits per heavy atom. The fraction of sp³-hybridized carbons (Fsp3) is 0.722. The summed E-state index contributed by atoms with van der Waals surface area (Å²) in [5, 5.41) is 16.2. The Labute approximate surface area is 144 Å². The summed E-state index contributed by atoms with van der Waals surface area (Å²) in [4.78, 5) is 14.5. The van der Waals surface area contributed by atoms with Crippen molar-refractivity contribution in [3.05, 3.63) is 24.0 Å². The molecule has 2 heterocycles. The Kier molecular flexibility index (Phi) is 5.79. The standard InChI is InChI=1S/C18H30N4O2/c1-21-9-6-14(13-21)12-19-18(24)20-15-7-10-22(11-8-15)16-4-2-3-5-17(16)23/h6,9,13,15-17,23H,2-5,7-8,10-12H2,1H3,(H2,19,20,24). The smallest absolute Gasteiger partial charge is 0.315 e. The first-order chi connectivity index (χ1) is 11.6. The van der Waals surface area contributed by atoms with Gasteiger partial charge in [0, 0.05) is 51.2 Å². The highest BCUT2D eigenvalue weighted by Gasteiger charge is 2.31. The monoisotopic (exact) mass is 334 g/mol. The lowest BCUT2D eigenvalue weighted by atomic mass is 9.89. The lowest BCUT2D eigenvalue weighted by Crippen LogP contribution is -2.53. The molecule has 1 aromatic heterocycles. The molecular formula is C18H30N4O2. The SMILES string of the molecule is Cn1ccc(CNC(=O)NC2CCN(C3CCCCC3O)CC2)c1. The predicted molar refractivity (Wildman–Crippen MR) is 93.6 cm³/mol. The first kappa shape index (κ1) is 17.3. The van der Waals surface area contributed by atoms with E-state index in [1.54, 1.807) is 0 Å². The molecule has 2 atom stereocenters. The molecule has 3 rings (SSSR count). The second-order valence-corrected chi connectivity index (χ2v) is 7.24. The lowest BCUT2D eigenvalue weighted by Gasteiger charge is -2.41. The average Bonchev–Trinajstić information content (AvgIpc) is 3.00. The molecule has 0 aromatic carbocycles. The molecule has 2 unspecified atom stereocenters. The van der Waals surface area contributed by atoms with E-state index >= 15 is 0 Å². The second-order valence-electron chi connectivity index (χ2n) is 7.24. The van der Waals surface area contributed by atoms with E-state index in [0.717, 1.165) is 50.8 Å². The number of hydrogen-bond donors (Lipinski definition) is 3. The highest BCUT2D eigenvalue weighted by atomic mass is 16.3. The van der Waals surface area contributed by atoms with E-state index in [9.17, 15) is 9.90 Å². The predicted octanol–water partition coefficient (Wildman–Crippen LogP) is 1.59. The molecule has 3 N–H and O–H groups in total. The largest absolute Gasteiger partial charge is 0.391 e. The molecule has 1 saturated heterocycles. The highest BCUT2D eigenvalue weighted by Crippen LogP contribution is 2.25. The Morgan fingerprint density at radius 3 is 2.67 bits per heavy atom. The van der Waals surface area contributed by atoms with Gasteiger partial charge in [-0.3, -0.25) is 4.90 Å². The maximum Gasteiger partial charge on any atom is 0.315 e. The molecule has 0 radical (unpaired) electrons. The minimum absolute atomic E-state index is 0.0880. The zero-order chi connectivity index (χ0) is 16.9. The van der Waals surface area contributed by atoms with Crippen molar-refractivity contribution in [2.24, 2.45) is 7.05 Å². The molecule has 0 spiro atoms. The second kappa shape index (κ2) is 8.03. The topological polar surface area (TPSA) is 69.5 Å². The van der Waals surface area contributed by atoms with Crippen LogP contribution < -0.4 is 10.6 Å². The van der Waals surface area contributed by atoms with Crippen molar-refractivity contribution in [3.8, 4) is 0 Å². The molecule has 1 aromatic rings. The van der Waals surface area contributed by atoms with E-state index in [4.69, 9.17) is 0 Å². The van der Waals surface area contributed by atoms with Gasteiger partial charge in [-0.15, -0.1) is 0 Å². The Hall–Kier alpha value is -1.53. The third kappa shape index (κ3) is 4.51. The van der Waals surface area contributed by atoms with E-state index in [1.165, 1.54) is 6.42 Å². The third-order valence-corrected chi connectivity index (χ3v) is 5.37. The zero-order valence-electron chi connectivity index (χ0n) is 14.6. The maximum absolute atomic E-state index is 12.0. The van der Waals surface area contributed by atoms with Gasteiger partial charge in [0.25, 0.3) is 0 Å². The summed E-state index contributed by atoms with van der Waals surface area (Å²) < 4.78 is 1.98. The number of hydrogen-bond acceptors (Lipinski definition) is 3. The summed E-state index contributed by atoms with van der Waals surface area (Å²) >= 11 is 0. The van der Waals surface area contributed by atoms with Crippen molar-refractivity contribution in [3.63, 3.8) is 0 Å². The Bertz CT molecular complexity index is 537.